The molecule has 6 heteroatoms. The molecule has 0 aliphatic carbocycles. The van der Waals surface area contributed by atoms with Crippen LogP contribution in [0.2, 0.25) is 0 Å². The third kappa shape index (κ3) is 3.80. The quantitative estimate of drug-likeness (QED) is 0.591. The molecule has 0 aliphatic heterocycles. The van der Waals surface area contributed by atoms with Gasteiger partial charge in [-0.3, -0.25) is 4.79 Å². The number of aromatic nitrogens is 2. The fourth-order valence-corrected chi connectivity index (χ4v) is 1.40. The van der Waals surface area contributed by atoms with E-state index < -0.39 is 23.3 Å². The average Bonchev–Trinajstić information content (AvgIpc) is 2.28. The van der Waals surface area contributed by atoms with E-state index in [1.54, 1.807) is 0 Å². The first-order valence-electron chi connectivity index (χ1n) is 5.38. The van der Waals surface area contributed by atoms with Crippen LogP contribution in [0.25, 0.3) is 0 Å². The molecule has 0 unspecified atom stereocenters. The SMILES string of the molecule is CCCCCC(=O)c1nccnc1C(F)(F)F. The van der Waals surface area contributed by atoms with Crippen LogP contribution in [0.3, 0.4) is 0 Å². The number of alkyl halides is 3. The fourth-order valence-electron chi connectivity index (χ4n) is 1.40. The first-order chi connectivity index (χ1) is 7.96. The van der Waals surface area contributed by atoms with Crippen molar-refractivity contribution in [3.63, 3.8) is 0 Å². The minimum atomic E-state index is -4.63. The van der Waals surface area contributed by atoms with Crippen molar-refractivity contribution in [2.45, 2.75) is 38.8 Å². The zero-order chi connectivity index (χ0) is 12.9. The molecule has 0 aliphatic rings. The molecule has 0 saturated heterocycles. The summed E-state index contributed by atoms with van der Waals surface area (Å²) in [4.78, 5) is 18.3. The second kappa shape index (κ2) is 5.75. The van der Waals surface area contributed by atoms with Gasteiger partial charge in [-0.2, -0.15) is 13.2 Å². The Bertz CT molecular complexity index is 391. The van der Waals surface area contributed by atoms with Crippen LogP contribution >= 0.6 is 0 Å². The third-order valence-electron chi connectivity index (χ3n) is 2.24. The van der Waals surface area contributed by atoms with Crippen molar-refractivity contribution in [1.82, 2.24) is 9.97 Å². The first-order valence-corrected chi connectivity index (χ1v) is 5.38. The summed E-state index contributed by atoms with van der Waals surface area (Å²) in [5.41, 5.74) is -1.77. The van der Waals surface area contributed by atoms with Gasteiger partial charge in [0.05, 0.1) is 0 Å². The lowest BCUT2D eigenvalue weighted by molar-refractivity contribution is -0.141. The average molecular weight is 246 g/mol. The molecule has 0 spiro atoms. The van der Waals surface area contributed by atoms with Crippen molar-refractivity contribution in [2.75, 3.05) is 0 Å². The van der Waals surface area contributed by atoms with E-state index in [1.165, 1.54) is 0 Å². The minimum absolute atomic E-state index is 0.0790. The number of hydrogen-bond donors (Lipinski definition) is 0. The van der Waals surface area contributed by atoms with Crippen LogP contribution in [-0.4, -0.2) is 15.8 Å². The molecule has 0 atom stereocenters. The van der Waals surface area contributed by atoms with Crippen molar-refractivity contribution >= 4 is 5.78 Å². The Labute approximate surface area is 97.1 Å². The van der Waals surface area contributed by atoms with E-state index in [9.17, 15) is 18.0 Å². The topological polar surface area (TPSA) is 42.9 Å². The molecule has 0 radical (unpaired) electrons. The summed E-state index contributed by atoms with van der Waals surface area (Å²) >= 11 is 0. The second-order valence-electron chi connectivity index (χ2n) is 3.63. The summed E-state index contributed by atoms with van der Waals surface area (Å²) in [6.45, 7) is 1.95. The molecule has 0 saturated carbocycles. The zero-order valence-corrected chi connectivity index (χ0v) is 9.42. The van der Waals surface area contributed by atoms with Crippen LogP contribution in [0, 0.1) is 0 Å². The van der Waals surface area contributed by atoms with Gasteiger partial charge in [0.2, 0.25) is 0 Å². The van der Waals surface area contributed by atoms with Gasteiger partial charge in [0.15, 0.2) is 11.5 Å². The van der Waals surface area contributed by atoms with E-state index in [-0.39, 0.29) is 6.42 Å². The van der Waals surface area contributed by atoms with E-state index >= 15 is 0 Å². The lowest BCUT2D eigenvalue weighted by atomic mass is 10.1. The van der Waals surface area contributed by atoms with Crippen molar-refractivity contribution in [3.05, 3.63) is 23.8 Å². The standard InChI is InChI=1S/C11H13F3N2O/c1-2-3-4-5-8(17)9-10(11(12,13)14)16-7-6-15-9/h6-7H,2-5H2,1H3. The number of nitrogens with zero attached hydrogens (tertiary/aromatic N) is 2. The third-order valence-corrected chi connectivity index (χ3v) is 2.24. The number of ketones is 1. The summed E-state index contributed by atoms with van der Waals surface area (Å²) < 4.78 is 37.6. The largest absolute Gasteiger partial charge is 0.435 e. The molecule has 0 fully saturated rings. The lowest BCUT2D eigenvalue weighted by Gasteiger charge is -2.09. The molecule has 3 nitrogen and oxygen atoms in total. The van der Waals surface area contributed by atoms with Crippen molar-refractivity contribution < 1.29 is 18.0 Å². The number of carbonyl (C=O) groups is 1. The van der Waals surface area contributed by atoms with Crippen LogP contribution in [0.4, 0.5) is 13.2 Å². The van der Waals surface area contributed by atoms with Gasteiger partial charge in [-0.15, -0.1) is 0 Å². The van der Waals surface area contributed by atoms with Crippen molar-refractivity contribution in [3.8, 4) is 0 Å². The number of unbranched alkanes of at least 4 members (excludes halogenated alkanes) is 2. The molecule has 1 aromatic heterocycles. The van der Waals surface area contributed by atoms with Crippen molar-refractivity contribution in [1.29, 1.82) is 0 Å². The molecule has 94 valence electrons. The van der Waals surface area contributed by atoms with Gasteiger partial charge in [-0.05, 0) is 6.42 Å². The molecular formula is C11H13F3N2O. The van der Waals surface area contributed by atoms with Gasteiger partial charge >= 0.3 is 6.18 Å². The van der Waals surface area contributed by atoms with Crippen LogP contribution in [0.15, 0.2) is 12.4 Å². The zero-order valence-electron chi connectivity index (χ0n) is 9.42. The maximum atomic E-state index is 12.5. The van der Waals surface area contributed by atoms with E-state index in [2.05, 4.69) is 9.97 Å². The summed E-state index contributed by atoms with van der Waals surface area (Å²) in [6.07, 6.45) is -0.232. The first kappa shape index (κ1) is 13.6. The highest BCUT2D eigenvalue weighted by Gasteiger charge is 2.37. The highest BCUT2D eigenvalue weighted by atomic mass is 19.4. The maximum absolute atomic E-state index is 12.5. The number of halogens is 3. The smallest absolute Gasteiger partial charge is 0.292 e. The summed E-state index contributed by atoms with van der Waals surface area (Å²) in [5, 5.41) is 0. The van der Waals surface area contributed by atoms with Gasteiger partial charge < -0.3 is 0 Å². The van der Waals surface area contributed by atoms with E-state index in [4.69, 9.17) is 0 Å². The minimum Gasteiger partial charge on any atom is -0.292 e. The normalized spacial score (nSPS) is 11.5. The monoisotopic (exact) mass is 246 g/mol. The molecule has 1 heterocycles. The summed E-state index contributed by atoms with van der Waals surface area (Å²) in [5.74, 6) is -0.598. The van der Waals surface area contributed by atoms with Gasteiger partial charge in [-0.1, -0.05) is 19.8 Å². The van der Waals surface area contributed by atoms with Crippen molar-refractivity contribution in [2.24, 2.45) is 0 Å². The van der Waals surface area contributed by atoms with Gasteiger partial charge in [0.1, 0.15) is 5.69 Å². The van der Waals surface area contributed by atoms with Gasteiger partial charge in [0, 0.05) is 18.8 Å². The fraction of sp³-hybridized carbons (Fsp3) is 0.545. The Morgan fingerprint density at radius 2 is 1.88 bits per heavy atom. The molecule has 0 bridgehead atoms. The highest BCUT2D eigenvalue weighted by Crippen LogP contribution is 2.29. The second-order valence-corrected chi connectivity index (χ2v) is 3.63. The molecule has 17 heavy (non-hydrogen) atoms. The van der Waals surface area contributed by atoms with Gasteiger partial charge in [-0.25, -0.2) is 9.97 Å². The van der Waals surface area contributed by atoms with E-state index in [1.807, 2.05) is 6.92 Å². The van der Waals surface area contributed by atoms with Crippen LogP contribution in [-0.2, 0) is 6.18 Å². The Balaban J connectivity index is 2.86. The van der Waals surface area contributed by atoms with Crippen LogP contribution < -0.4 is 0 Å². The highest BCUT2D eigenvalue weighted by molar-refractivity contribution is 5.95. The predicted molar refractivity (Wildman–Crippen MR) is 55.5 cm³/mol. The molecular weight excluding hydrogens is 233 g/mol. The molecule has 1 rings (SSSR count). The van der Waals surface area contributed by atoms with Crippen LogP contribution in [0.1, 0.15) is 48.8 Å². The number of hydrogen-bond acceptors (Lipinski definition) is 3. The Kier molecular flexibility index (Phi) is 4.60. The number of carbonyl (C=O) groups excluding carboxylic acids is 1. The molecule has 0 N–H and O–H groups in total. The Morgan fingerprint density at radius 3 is 2.47 bits per heavy atom. The summed E-state index contributed by atoms with van der Waals surface area (Å²) in [6, 6.07) is 0. The molecule has 1 aromatic rings. The number of Topliss-reactive ketones (excluding diaryl/α,β-unsaturated/α-hetero) is 1. The maximum Gasteiger partial charge on any atom is 0.435 e. The van der Waals surface area contributed by atoms with Gasteiger partial charge in [0.25, 0.3) is 0 Å². The Hall–Kier alpha value is -1.46. The van der Waals surface area contributed by atoms with Crippen LogP contribution in [0.5, 0.6) is 0 Å². The molecule has 0 aromatic carbocycles. The van der Waals surface area contributed by atoms with E-state index in [0.29, 0.717) is 6.42 Å². The predicted octanol–water partition coefficient (Wildman–Crippen LogP) is 3.26. The molecule has 0 amide bonds. The van der Waals surface area contributed by atoms with E-state index in [0.717, 1.165) is 25.2 Å². The number of rotatable bonds is 5. The Morgan fingerprint density at radius 1 is 1.24 bits per heavy atom. The summed E-state index contributed by atoms with van der Waals surface area (Å²) in [7, 11) is 0. The lowest BCUT2D eigenvalue weighted by Crippen LogP contribution is -2.17.